The lowest BCUT2D eigenvalue weighted by Crippen LogP contribution is -2.41. The van der Waals surface area contributed by atoms with Crippen LogP contribution >= 0.6 is 12.4 Å². The zero-order valence-electron chi connectivity index (χ0n) is 13.9. The van der Waals surface area contributed by atoms with Gasteiger partial charge < -0.3 is 15.5 Å². The molecule has 1 aromatic rings. The maximum atomic E-state index is 12.4. The van der Waals surface area contributed by atoms with E-state index in [1.165, 1.54) is 0 Å². The summed E-state index contributed by atoms with van der Waals surface area (Å²) in [6.45, 7) is 3.41. The number of nitrogens with zero attached hydrogens (tertiary/aromatic N) is 1. The van der Waals surface area contributed by atoms with Crippen LogP contribution in [0.15, 0.2) is 30.3 Å². The van der Waals surface area contributed by atoms with Crippen LogP contribution in [0.5, 0.6) is 0 Å². The Hall–Kier alpha value is -1.59. The summed E-state index contributed by atoms with van der Waals surface area (Å²) in [5.74, 6) is 0.663. The monoisotopic (exact) mass is 351 g/mol. The highest BCUT2D eigenvalue weighted by molar-refractivity contribution is 5.89. The lowest BCUT2D eigenvalue weighted by atomic mass is 10.0. The molecule has 2 fully saturated rings. The van der Waals surface area contributed by atoms with Crippen molar-refractivity contribution < 1.29 is 9.59 Å². The Balaban J connectivity index is 0.00000208. The van der Waals surface area contributed by atoms with Crippen molar-refractivity contribution in [2.75, 3.05) is 19.6 Å². The van der Waals surface area contributed by atoms with E-state index >= 15 is 0 Å². The van der Waals surface area contributed by atoms with E-state index < -0.39 is 0 Å². The molecule has 0 aromatic heterocycles. The molecule has 2 N–H and O–H groups in total. The van der Waals surface area contributed by atoms with Gasteiger partial charge in [0.15, 0.2) is 0 Å². The lowest BCUT2D eigenvalue weighted by molar-refractivity contribution is -0.133. The minimum atomic E-state index is -0.340. The van der Waals surface area contributed by atoms with Crippen LogP contribution in [0.25, 0.3) is 0 Å². The highest BCUT2D eigenvalue weighted by Gasteiger charge is 2.32. The van der Waals surface area contributed by atoms with Crippen molar-refractivity contribution in [2.24, 2.45) is 5.92 Å². The fourth-order valence-electron chi connectivity index (χ4n) is 3.40. The normalized spacial score (nSPS) is 23.2. The predicted octanol–water partition coefficient (Wildman–Crippen LogP) is 1.72. The van der Waals surface area contributed by atoms with Gasteiger partial charge in [0.25, 0.3) is 0 Å². The average Bonchev–Trinajstić information content (AvgIpc) is 3.19. The van der Waals surface area contributed by atoms with E-state index in [1.807, 2.05) is 35.2 Å². The highest BCUT2D eigenvalue weighted by Crippen LogP contribution is 2.17. The molecule has 1 aromatic carbocycles. The van der Waals surface area contributed by atoms with Crippen LogP contribution in [0.2, 0.25) is 0 Å². The van der Waals surface area contributed by atoms with E-state index in [4.69, 9.17) is 0 Å². The van der Waals surface area contributed by atoms with Crippen LogP contribution in [0, 0.1) is 5.92 Å². The minimum Gasteiger partial charge on any atom is -0.344 e. The third-order valence-corrected chi connectivity index (χ3v) is 4.79. The van der Waals surface area contributed by atoms with Gasteiger partial charge >= 0.3 is 0 Å². The van der Waals surface area contributed by atoms with Gasteiger partial charge in [0.2, 0.25) is 11.8 Å². The summed E-state index contributed by atoms with van der Waals surface area (Å²) in [6.07, 6.45) is 3.30. The molecular weight excluding hydrogens is 326 g/mol. The molecule has 2 unspecified atom stereocenters. The van der Waals surface area contributed by atoms with Gasteiger partial charge in [-0.3, -0.25) is 9.59 Å². The molecule has 2 atom stereocenters. The Kier molecular flexibility index (Phi) is 7.06. The van der Waals surface area contributed by atoms with Gasteiger partial charge in [-0.15, -0.1) is 12.4 Å². The molecule has 2 aliphatic heterocycles. The number of amides is 2. The molecule has 24 heavy (non-hydrogen) atoms. The maximum absolute atomic E-state index is 12.4. The second-order valence-electron chi connectivity index (χ2n) is 6.55. The van der Waals surface area contributed by atoms with Gasteiger partial charge in [-0.05, 0) is 43.8 Å². The van der Waals surface area contributed by atoms with Crippen molar-refractivity contribution in [1.29, 1.82) is 0 Å². The maximum Gasteiger partial charge on any atom is 0.245 e. The number of hydrogen-bond acceptors (Lipinski definition) is 3. The first kappa shape index (κ1) is 18.7. The van der Waals surface area contributed by atoms with Gasteiger partial charge in [0.05, 0.1) is 0 Å². The summed E-state index contributed by atoms with van der Waals surface area (Å²) < 4.78 is 0. The Labute approximate surface area is 149 Å². The Morgan fingerprint density at radius 3 is 2.75 bits per heavy atom. The first-order valence-corrected chi connectivity index (χ1v) is 8.55. The van der Waals surface area contributed by atoms with Crippen molar-refractivity contribution in [3.05, 3.63) is 35.9 Å². The topological polar surface area (TPSA) is 61.4 Å². The SMILES string of the molecule is Cl.O=C(CCC1CCNC1)NC1CCN(Cc2ccccc2)C1=O. The van der Waals surface area contributed by atoms with Crippen LogP contribution in [-0.4, -0.2) is 42.4 Å². The molecule has 0 saturated carbocycles. The van der Waals surface area contributed by atoms with Gasteiger partial charge in [0, 0.05) is 19.5 Å². The van der Waals surface area contributed by atoms with Crippen molar-refractivity contribution in [3.63, 3.8) is 0 Å². The van der Waals surface area contributed by atoms with Gasteiger partial charge in [-0.25, -0.2) is 0 Å². The Bertz CT molecular complexity index is 546. The fourth-order valence-corrected chi connectivity index (χ4v) is 3.40. The van der Waals surface area contributed by atoms with Crippen molar-refractivity contribution in [1.82, 2.24) is 15.5 Å². The molecule has 2 heterocycles. The van der Waals surface area contributed by atoms with E-state index in [1.54, 1.807) is 0 Å². The molecular formula is C18H26ClN3O2. The highest BCUT2D eigenvalue weighted by atomic mass is 35.5. The van der Waals surface area contributed by atoms with Crippen LogP contribution in [0.3, 0.4) is 0 Å². The number of hydrogen-bond donors (Lipinski definition) is 2. The van der Waals surface area contributed by atoms with Crippen molar-refractivity contribution >= 4 is 24.2 Å². The van der Waals surface area contributed by atoms with Crippen molar-refractivity contribution in [2.45, 2.75) is 38.3 Å². The third kappa shape index (κ3) is 4.95. The molecule has 0 spiro atoms. The molecule has 2 amide bonds. The van der Waals surface area contributed by atoms with Crippen LogP contribution in [-0.2, 0) is 16.1 Å². The third-order valence-electron chi connectivity index (χ3n) is 4.79. The van der Waals surface area contributed by atoms with Crippen molar-refractivity contribution in [3.8, 4) is 0 Å². The number of halogens is 1. The standard InChI is InChI=1S/C18H25N3O2.ClH/c22-17(7-6-14-8-10-19-12-14)20-16-9-11-21(18(16)23)13-15-4-2-1-3-5-15;/h1-5,14,16,19H,6-13H2,(H,20,22);1H. The van der Waals surface area contributed by atoms with E-state index in [2.05, 4.69) is 10.6 Å². The van der Waals surface area contributed by atoms with E-state index in [0.717, 1.165) is 31.5 Å². The summed E-state index contributed by atoms with van der Waals surface area (Å²) in [4.78, 5) is 26.3. The van der Waals surface area contributed by atoms with Crippen LogP contribution in [0.1, 0.15) is 31.2 Å². The molecule has 0 radical (unpaired) electrons. The van der Waals surface area contributed by atoms with Gasteiger partial charge in [-0.1, -0.05) is 30.3 Å². The second kappa shape index (κ2) is 9.04. The number of rotatable bonds is 6. The Morgan fingerprint density at radius 1 is 1.25 bits per heavy atom. The summed E-state index contributed by atoms with van der Waals surface area (Å²) in [5.41, 5.74) is 1.13. The average molecular weight is 352 g/mol. The number of benzene rings is 1. The molecule has 2 saturated heterocycles. The first-order chi connectivity index (χ1) is 11.2. The van der Waals surface area contributed by atoms with Crippen LogP contribution in [0.4, 0.5) is 0 Å². The molecule has 0 aliphatic carbocycles. The largest absolute Gasteiger partial charge is 0.344 e. The smallest absolute Gasteiger partial charge is 0.245 e. The Morgan fingerprint density at radius 2 is 2.04 bits per heavy atom. The van der Waals surface area contributed by atoms with E-state index in [0.29, 0.717) is 31.8 Å². The van der Waals surface area contributed by atoms with Gasteiger partial charge in [0.1, 0.15) is 6.04 Å². The molecule has 132 valence electrons. The quantitative estimate of drug-likeness (QED) is 0.820. The zero-order chi connectivity index (χ0) is 16.1. The first-order valence-electron chi connectivity index (χ1n) is 8.55. The summed E-state index contributed by atoms with van der Waals surface area (Å²) >= 11 is 0. The second-order valence-corrected chi connectivity index (χ2v) is 6.55. The summed E-state index contributed by atoms with van der Waals surface area (Å²) in [6, 6.07) is 9.63. The molecule has 5 nitrogen and oxygen atoms in total. The predicted molar refractivity (Wildman–Crippen MR) is 95.9 cm³/mol. The number of likely N-dealkylation sites (tertiary alicyclic amines) is 1. The minimum absolute atomic E-state index is 0. The van der Waals surface area contributed by atoms with E-state index in [9.17, 15) is 9.59 Å². The molecule has 3 rings (SSSR count). The zero-order valence-corrected chi connectivity index (χ0v) is 14.7. The summed E-state index contributed by atoms with van der Waals surface area (Å²) in [5, 5.41) is 6.23. The summed E-state index contributed by atoms with van der Waals surface area (Å²) in [7, 11) is 0. The fraction of sp³-hybridized carbons (Fsp3) is 0.556. The number of carbonyl (C=O) groups is 2. The van der Waals surface area contributed by atoms with E-state index in [-0.39, 0.29) is 30.3 Å². The molecule has 6 heteroatoms. The lowest BCUT2D eigenvalue weighted by Gasteiger charge is -2.17. The number of carbonyl (C=O) groups excluding carboxylic acids is 2. The van der Waals surface area contributed by atoms with Crippen LogP contribution < -0.4 is 10.6 Å². The molecule has 2 aliphatic rings. The number of nitrogens with one attached hydrogen (secondary N) is 2. The molecule has 0 bridgehead atoms. The van der Waals surface area contributed by atoms with Gasteiger partial charge in [-0.2, -0.15) is 0 Å².